The molecule has 0 saturated carbocycles. The summed E-state index contributed by atoms with van der Waals surface area (Å²) in [6.45, 7) is 0.318. The van der Waals surface area contributed by atoms with Gasteiger partial charge in [0.05, 0.1) is 17.7 Å². The van der Waals surface area contributed by atoms with Gasteiger partial charge in [-0.05, 0) is 30.3 Å². The van der Waals surface area contributed by atoms with Gasteiger partial charge in [-0.3, -0.25) is 9.48 Å². The number of fused-ring (bicyclic) bond motifs is 1. The molecule has 1 aromatic carbocycles. The highest BCUT2D eigenvalue weighted by Crippen LogP contribution is 2.34. The molecule has 0 radical (unpaired) electrons. The zero-order chi connectivity index (χ0) is 17.4. The molecule has 0 unspecified atom stereocenters. The molecule has 0 aliphatic carbocycles. The lowest BCUT2D eigenvalue weighted by Crippen LogP contribution is -2.21. The number of aryl methyl sites for hydroxylation is 1. The monoisotopic (exact) mass is 355 g/mol. The Kier molecular flexibility index (Phi) is 3.85. The standard InChI is InChI=1S/C18H14FN3O2S/c1-22-18-13(16(21-22)12-6-2-3-7-14(12)19)9-15(25-18)17(23)20-10-11-5-4-8-24-11/h2-9H,10H2,1H3,(H,20,23). The van der Waals surface area contributed by atoms with E-state index in [1.165, 1.54) is 17.4 Å². The first kappa shape index (κ1) is 15.6. The molecule has 3 aromatic heterocycles. The fraction of sp³-hybridized carbons (Fsp3) is 0.111. The Balaban J connectivity index is 1.67. The van der Waals surface area contributed by atoms with Crippen LogP contribution in [-0.2, 0) is 13.6 Å². The highest BCUT2D eigenvalue weighted by molar-refractivity contribution is 7.20. The van der Waals surface area contributed by atoms with Crippen molar-refractivity contribution in [1.82, 2.24) is 15.1 Å². The minimum absolute atomic E-state index is 0.197. The third-order valence-electron chi connectivity index (χ3n) is 3.87. The summed E-state index contributed by atoms with van der Waals surface area (Å²) >= 11 is 1.33. The van der Waals surface area contributed by atoms with Crippen LogP contribution in [0.5, 0.6) is 0 Å². The van der Waals surface area contributed by atoms with Gasteiger partial charge in [-0.1, -0.05) is 12.1 Å². The number of carbonyl (C=O) groups is 1. The van der Waals surface area contributed by atoms with E-state index in [0.717, 1.165) is 10.2 Å². The van der Waals surface area contributed by atoms with Crippen LogP contribution in [0.15, 0.2) is 53.1 Å². The van der Waals surface area contributed by atoms with Crippen LogP contribution in [0.3, 0.4) is 0 Å². The van der Waals surface area contributed by atoms with E-state index in [2.05, 4.69) is 10.4 Å². The quantitative estimate of drug-likeness (QED) is 0.603. The number of rotatable bonds is 4. The summed E-state index contributed by atoms with van der Waals surface area (Å²) < 4.78 is 21.0. The van der Waals surface area contributed by atoms with Gasteiger partial charge in [0.2, 0.25) is 0 Å². The Morgan fingerprint density at radius 1 is 1.32 bits per heavy atom. The summed E-state index contributed by atoms with van der Waals surface area (Å²) in [6, 6.07) is 11.8. The van der Waals surface area contributed by atoms with Crippen LogP contribution in [0.25, 0.3) is 21.5 Å². The third-order valence-corrected chi connectivity index (χ3v) is 5.07. The molecule has 0 saturated heterocycles. The van der Waals surface area contributed by atoms with Crippen molar-refractivity contribution >= 4 is 27.5 Å². The molecule has 0 spiro atoms. The van der Waals surface area contributed by atoms with Crippen LogP contribution >= 0.6 is 11.3 Å². The Morgan fingerprint density at radius 3 is 2.92 bits per heavy atom. The Labute approximate surface area is 146 Å². The molecule has 0 bridgehead atoms. The van der Waals surface area contributed by atoms with E-state index in [1.54, 1.807) is 54.4 Å². The van der Waals surface area contributed by atoms with Gasteiger partial charge in [-0.25, -0.2) is 4.39 Å². The topological polar surface area (TPSA) is 60.1 Å². The largest absolute Gasteiger partial charge is 0.467 e. The molecule has 5 nitrogen and oxygen atoms in total. The van der Waals surface area contributed by atoms with E-state index in [4.69, 9.17) is 4.42 Å². The van der Waals surface area contributed by atoms with Crippen molar-refractivity contribution in [3.05, 3.63) is 65.2 Å². The second-order valence-electron chi connectivity index (χ2n) is 5.54. The molecule has 0 aliphatic heterocycles. The van der Waals surface area contributed by atoms with E-state index in [-0.39, 0.29) is 11.7 Å². The number of thiophene rings is 1. The SMILES string of the molecule is Cn1nc(-c2ccccc2F)c2cc(C(=O)NCc3ccco3)sc21. The van der Waals surface area contributed by atoms with Crippen molar-refractivity contribution in [3.8, 4) is 11.3 Å². The lowest BCUT2D eigenvalue weighted by molar-refractivity contribution is 0.0952. The first-order valence-corrected chi connectivity index (χ1v) is 8.47. The second-order valence-corrected chi connectivity index (χ2v) is 6.57. The molecular weight excluding hydrogens is 341 g/mol. The molecule has 0 aliphatic rings. The fourth-order valence-electron chi connectivity index (χ4n) is 2.67. The van der Waals surface area contributed by atoms with Gasteiger partial charge in [-0.2, -0.15) is 5.10 Å². The van der Waals surface area contributed by atoms with E-state index >= 15 is 0 Å². The number of halogens is 1. The lowest BCUT2D eigenvalue weighted by Gasteiger charge is -2.01. The molecule has 4 aromatic rings. The number of furan rings is 1. The normalized spacial score (nSPS) is 11.1. The number of hydrogen-bond donors (Lipinski definition) is 1. The van der Waals surface area contributed by atoms with Gasteiger partial charge in [0.1, 0.15) is 22.1 Å². The van der Waals surface area contributed by atoms with Crippen LogP contribution in [0.4, 0.5) is 4.39 Å². The van der Waals surface area contributed by atoms with Crippen LogP contribution in [0.2, 0.25) is 0 Å². The smallest absolute Gasteiger partial charge is 0.261 e. The van der Waals surface area contributed by atoms with Gasteiger partial charge < -0.3 is 9.73 Å². The molecule has 0 fully saturated rings. The van der Waals surface area contributed by atoms with E-state index in [9.17, 15) is 9.18 Å². The van der Waals surface area contributed by atoms with Gasteiger partial charge in [0.25, 0.3) is 5.91 Å². The summed E-state index contributed by atoms with van der Waals surface area (Å²) in [5.41, 5.74) is 0.963. The summed E-state index contributed by atoms with van der Waals surface area (Å²) in [5.74, 6) is 0.151. The van der Waals surface area contributed by atoms with E-state index < -0.39 is 0 Å². The average molecular weight is 355 g/mol. The van der Waals surface area contributed by atoms with Crippen molar-refractivity contribution in [2.24, 2.45) is 7.05 Å². The maximum Gasteiger partial charge on any atom is 0.261 e. The molecule has 4 rings (SSSR count). The molecule has 1 amide bonds. The molecule has 126 valence electrons. The number of carbonyl (C=O) groups excluding carboxylic acids is 1. The fourth-order valence-corrected chi connectivity index (χ4v) is 3.66. The van der Waals surface area contributed by atoms with Crippen molar-refractivity contribution in [1.29, 1.82) is 0 Å². The van der Waals surface area contributed by atoms with Gasteiger partial charge in [0.15, 0.2) is 0 Å². The van der Waals surface area contributed by atoms with Crippen LogP contribution in [0.1, 0.15) is 15.4 Å². The number of benzene rings is 1. The highest BCUT2D eigenvalue weighted by Gasteiger charge is 2.19. The zero-order valence-corrected chi connectivity index (χ0v) is 14.1. The first-order valence-electron chi connectivity index (χ1n) is 7.65. The minimum atomic E-state index is -0.336. The van der Waals surface area contributed by atoms with Gasteiger partial charge >= 0.3 is 0 Å². The summed E-state index contributed by atoms with van der Waals surface area (Å²) in [6.07, 6.45) is 1.56. The summed E-state index contributed by atoms with van der Waals surface area (Å²) in [5, 5.41) is 7.99. The predicted octanol–water partition coefficient (Wildman–Crippen LogP) is 3.96. The minimum Gasteiger partial charge on any atom is -0.467 e. The third kappa shape index (κ3) is 2.83. The van der Waals surface area contributed by atoms with Gasteiger partial charge in [-0.15, -0.1) is 11.3 Å². The van der Waals surface area contributed by atoms with Crippen molar-refractivity contribution in [2.45, 2.75) is 6.54 Å². The maximum absolute atomic E-state index is 14.1. The van der Waals surface area contributed by atoms with Gasteiger partial charge in [0, 0.05) is 18.0 Å². The number of nitrogens with zero attached hydrogens (tertiary/aromatic N) is 2. The van der Waals surface area contributed by atoms with Crippen molar-refractivity contribution in [2.75, 3.05) is 0 Å². The Hall–Kier alpha value is -2.93. The molecule has 7 heteroatoms. The Bertz CT molecular complexity index is 1050. The second kappa shape index (κ2) is 6.18. The van der Waals surface area contributed by atoms with E-state index in [1.807, 2.05) is 0 Å². The van der Waals surface area contributed by atoms with Crippen LogP contribution in [-0.4, -0.2) is 15.7 Å². The lowest BCUT2D eigenvalue weighted by atomic mass is 10.1. The molecule has 1 N–H and O–H groups in total. The number of amides is 1. The molecular formula is C18H14FN3O2S. The molecule has 0 atom stereocenters. The van der Waals surface area contributed by atoms with Crippen molar-refractivity contribution in [3.63, 3.8) is 0 Å². The highest BCUT2D eigenvalue weighted by atomic mass is 32.1. The summed E-state index contributed by atoms with van der Waals surface area (Å²) in [4.78, 5) is 13.8. The number of nitrogens with one attached hydrogen (secondary N) is 1. The van der Waals surface area contributed by atoms with Crippen LogP contribution in [0, 0.1) is 5.82 Å². The number of hydrogen-bond acceptors (Lipinski definition) is 4. The maximum atomic E-state index is 14.1. The summed E-state index contributed by atoms with van der Waals surface area (Å²) in [7, 11) is 1.79. The van der Waals surface area contributed by atoms with Crippen LogP contribution < -0.4 is 5.32 Å². The Morgan fingerprint density at radius 2 is 2.16 bits per heavy atom. The zero-order valence-electron chi connectivity index (χ0n) is 13.3. The molecule has 3 heterocycles. The molecule has 25 heavy (non-hydrogen) atoms. The first-order chi connectivity index (χ1) is 12.1. The average Bonchev–Trinajstić information content (AvgIpc) is 3.32. The van der Waals surface area contributed by atoms with Crippen molar-refractivity contribution < 1.29 is 13.6 Å². The predicted molar refractivity (Wildman–Crippen MR) is 93.9 cm³/mol. The van der Waals surface area contributed by atoms with E-state index in [0.29, 0.717) is 28.4 Å². The number of aromatic nitrogens is 2.